The normalized spacial score (nSPS) is 22.9. The number of rotatable bonds is 5. The zero-order chi connectivity index (χ0) is 23.0. The summed E-state index contributed by atoms with van der Waals surface area (Å²) in [7, 11) is 0. The van der Waals surface area contributed by atoms with E-state index in [0.717, 1.165) is 42.8 Å². The number of aliphatic hydroxyl groups is 2. The van der Waals surface area contributed by atoms with Gasteiger partial charge >= 0.3 is 6.18 Å². The molecule has 2 N–H and O–H groups in total. The Bertz CT molecular complexity index is 869. The van der Waals surface area contributed by atoms with Crippen LogP contribution < -0.4 is 0 Å². The third kappa shape index (κ3) is 5.13. The first-order valence-electron chi connectivity index (χ1n) is 10.8. The summed E-state index contributed by atoms with van der Waals surface area (Å²) in [4.78, 5) is 1.94. The van der Waals surface area contributed by atoms with Gasteiger partial charge in [0.2, 0.25) is 0 Å². The number of piperidine rings is 1. The molecule has 3 rings (SSSR count). The van der Waals surface area contributed by atoms with Crippen molar-refractivity contribution >= 4 is 0 Å². The van der Waals surface area contributed by atoms with E-state index in [-0.39, 0.29) is 0 Å². The van der Waals surface area contributed by atoms with E-state index in [1.165, 1.54) is 12.1 Å². The van der Waals surface area contributed by atoms with E-state index < -0.39 is 29.5 Å². The Morgan fingerprint density at radius 3 is 2.00 bits per heavy atom. The van der Waals surface area contributed by atoms with Crippen LogP contribution in [0.1, 0.15) is 45.2 Å². The Labute approximate surface area is 182 Å². The van der Waals surface area contributed by atoms with Gasteiger partial charge in [0.05, 0.1) is 5.56 Å². The van der Waals surface area contributed by atoms with Gasteiger partial charge in [-0.25, -0.2) is 0 Å². The van der Waals surface area contributed by atoms with Crippen LogP contribution in [0.2, 0.25) is 0 Å². The lowest BCUT2D eigenvalue weighted by molar-refractivity contribution is -0.137. The second-order valence-electron chi connectivity index (χ2n) is 9.60. The van der Waals surface area contributed by atoms with E-state index in [1.54, 1.807) is 0 Å². The molecule has 0 amide bonds. The first kappa shape index (κ1) is 23.8. The second kappa shape index (κ2) is 8.93. The van der Waals surface area contributed by atoms with E-state index in [0.29, 0.717) is 17.4 Å². The summed E-state index contributed by atoms with van der Waals surface area (Å²) in [6, 6.07) is 12.4. The van der Waals surface area contributed by atoms with Crippen LogP contribution in [0.5, 0.6) is 0 Å². The summed E-state index contributed by atoms with van der Waals surface area (Å²) in [5, 5.41) is 22.2. The number of hydrogen-bond acceptors (Lipinski definition) is 3. The number of nitrogens with zero attached hydrogens (tertiary/aromatic N) is 1. The SMILES string of the molecule is CC1CC(C)CN(C(O)C(O)C(C)(C)c2ccccc2-c2ccc(C(F)(F)F)cc2)C1. The van der Waals surface area contributed by atoms with Crippen LogP contribution in [0.3, 0.4) is 0 Å². The van der Waals surface area contributed by atoms with Crippen LogP contribution >= 0.6 is 0 Å². The molecule has 1 saturated heterocycles. The van der Waals surface area contributed by atoms with Crippen LogP contribution in [0, 0.1) is 11.8 Å². The van der Waals surface area contributed by atoms with Gasteiger partial charge in [0.1, 0.15) is 12.3 Å². The molecule has 2 aromatic rings. The summed E-state index contributed by atoms with van der Waals surface area (Å²) in [6.45, 7) is 9.46. The van der Waals surface area contributed by atoms with Crippen molar-refractivity contribution in [1.82, 2.24) is 4.90 Å². The van der Waals surface area contributed by atoms with Gasteiger partial charge in [-0.2, -0.15) is 13.2 Å². The molecule has 2 aromatic carbocycles. The standard InChI is InChI=1S/C25H32F3NO2/c1-16-13-17(2)15-29(14-16)23(31)22(30)24(3,4)21-8-6-5-7-20(21)18-9-11-19(12-10-18)25(26,27)28/h5-12,16-17,22-23,30-31H,13-15H2,1-4H3. The second-order valence-corrected chi connectivity index (χ2v) is 9.60. The smallest absolute Gasteiger partial charge is 0.388 e. The number of alkyl halides is 3. The Kier molecular flexibility index (Phi) is 6.84. The van der Waals surface area contributed by atoms with Crippen LogP contribution in [-0.2, 0) is 11.6 Å². The predicted molar refractivity (Wildman–Crippen MR) is 116 cm³/mol. The molecule has 0 radical (unpaired) electrons. The quantitative estimate of drug-likeness (QED) is 0.669. The minimum absolute atomic E-state index is 0.438. The van der Waals surface area contributed by atoms with Gasteiger partial charge < -0.3 is 10.2 Å². The average Bonchev–Trinajstić information content (AvgIpc) is 2.71. The fourth-order valence-corrected chi connectivity index (χ4v) is 4.79. The van der Waals surface area contributed by atoms with Gasteiger partial charge in [-0.15, -0.1) is 0 Å². The van der Waals surface area contributed by atoms with Crippen molar-refractivity contribution in [2.75, 3.05) is 13.1 Å². The summed E-state index contributed by atoms with van der Waals surface area (Å²) >= 11 is 0. The van der Waals surface area contributed by atoms with Crippen molar-refractivity contribution in [3.05, 3.63) is 59.7 Å². The maximum absolute atomic E-state index is 13.0. The highest BCUT2D eigenvalue weighted by Crippen LogP contribution is 2.38. The van der Waals surface area contributed by atoms with Gasteiger partial charge in [-0.05, 0) is 47.1 Å². The molecule has 4 unspecified atom stereocenters. The molecule has 0 saturated carbocycles. The largest absolute Gasteiger partial charge is 0.416 e. The van der Waals surface area contributed by atoms with Gasteiger partial charge in [0.15, 0.2) is 0 Å². The summed E-state index contributed by atoms with van der Waals surface area (Å²) < 4.78 is 38.9. The molecular formula is C25H32F3NO2. The van der Waals surface area contributed by atoms with Crippen molar-refractivity contribution in [2.24, 2.45) is 11.8 Å². The predicted octanol–water partition coefficient (Wildman–Crippen LogP) is 5.31. The van der Waals surface area contributed by atoms with Crippen molar-refractivity contribution in [3.8, 4) is 11.1 Å². The molecule has 4 atom stereocenters. The molecule has 1 aliphatic heterocycles. The molecule has 0 aromatic heterocycles. The summed E-state index contributed by atoms with van der Waals surface area (Å²) in [5.41, 5.74) is 0.630. The molecular weight excluding hydrogens is 403 g/mol. The highest BCUT2D eigenvalue weighted by Gasteiger charge is 2.40. The van der Waals surface area contributed by atoms with E-state index >= 15 is 0 Å². The molecule has 6 heteroatoms. The lowest BCUT2D eigenvalue weighted by atomic mass is 9.74. The highest BCUT2D eigenvalue weighted by molar-refractivity contribution is 5.69. The van der Waals surface area contributed by atoms with Crippen LogP contribution in [0.25, 0.3) is 11.1 Å². The minimum Gasteiger partial charge on any atom is -0.388 e. The van der Waals surface area contributed by atoms with Crippen molar-refractivity contribution in [3.63, 3.8) is 0 Å². The van der Waals surface area contributed by atoms with Crippen molar-refractivity contribution in [1.29, 1.82) is 0 Å². The van der Waals surface area contributed by atoms with E-state index in [4.69, 9.17) is 0 Å². The number of halogens is 3. The minimum atomic E-state index is -4.39. The molecule has 170 valence electrons. The maximum Gasteiger partial charge on any atom is 0.416 e. The third-order valence-corrected chi connectivity index (χ3v) is 6.44. The molecule has 0 bridgehead atoms. The fraction of sp³-hybridized carbons (Fsp3) is 0.520. The van der Waals surface area contributed by atoms with E-state index in [1.807, 2.05) is 43.0 Å². The van der Waals surface area contributed by atoms with Crippen LogP contribution in [-0.4, -0.2) is 40.5 Å². The zero-order valence-corrected chi connectivity index (χ0v) is 18.5. The van der Waals surface area contributed by atoms with E-state index in [2.05, 4.69) is 13.8 Å². The molecule has 1 aliphatic rings. The van der Waals surface area contributed by atoms with Crippen molar-refractivity contribution in [2.45, 2.75) is 58.0 Å². The molecule has 0 aliphatic carbocycles. The van der Waals surface area contributed by atoms with Crippen LogP contribution in [0.15, 0.2) is 48.5 Å². The topological polar surface area (TPSA) is 43.7 Å². The lowest BCUT2D eigenvalue weighted by Gasteiger charge is -2.43. The third-order valence-electron chi connectivity index (χ3n) is 6.44. The molecule has 3 nitrogen and oxygen atoms in total. The summed E-state index contributed by atoms with van der Waals surface area (Å²) in [5.74, 6) is 0.876. The van der Waals surface area contributed by atoms with Crippen molar-refractivity contribution < 1.29 is 23.4 Å². The number of hydrogen-bond donors (Lipinski definition) is 2. The average molecular weight is 436 g/mol. The molecule has 1 fully saturated rings. The lowest BCUT2D eigenvalue weighted by Crippen LogP contribution is -2.55. The van der Waals surface area contributed by atoms with Gasteiger partial charge in [0, 0.05) is 18.5 Å². The number of likely N-dealkylation sites (tertiary alicyclic amines) is 1. The monoisotopic (exact) mass is 435 g/mol. The summed E-state index contributed by atoms with van der Waals surface area (Å²) in [6.07, 6.45) is -5.39. The molecule has 0 spiro atoms. The van der Waals surface area contributed by atoms with Gasteiger partial charge in [-0.1, -0.05) is 64.1 Å². The Morgan fingerprint density at radius 1 is 0.903 bits per heavy atom. The van der Waals surface area contributed by atoms with Crippen LogP contribution in [0.4, 0.5) is 13.2 Å². The Morgan fingerprint density at radius 2 is 1.45 bits per heavy atom. The first-order chi connectivity index (χ1) is 14.4. The maximum atomic E-state index is 13.0. The number of aliphatic hydroxyl groups excluding tert-OH is 2. The van der Waals surface area contributed by atoms with E-state index in [9.17, 15) is 23.4 Å². The number of benzene rings is 2. The first-order valence-corrected chi connectivity index (χ1v) is 10.8. The van der Waals surface area contributed by atoms with Gasteiger partial charge in [-0.3, -0.25) is 4.90 Å². The highest BCUT2D eigenvalue weighted by atomic mass is 19.4. The fourth-order valence-electron chi connectivity index (χ4n) is 4.79. The molecule has 1 heterocycles. The Hall–Kier alpha value is -1.89. The zero-order valence-electron chi connectivity index (χ0n) is 18.5. The molecule has 31 heavy (non-hydrogen) atoms. The Balaban J connectivity index is 1.91. The van der Waals surface area contributed by atoms with Gasteiger partial charge in [0.25, 0.3) is 0 Å².